The molecule has 4 N–H and O–H groups in total. The topological polar surface area (TPSA) is 156 Å². The van der Waals surface area contributed by atoms with Crippen molar-refractivity contribution in [1.82, 2.24) is 25.4 Å². The molecule has 0 saturated heterocycles. The maximum Gasteiger partial charge on any atom is 0.277 e. The van der Waals surface area contributed by atoms with E-state index in [1.807, 2.05) is 46.8 Å². The van der Waals surface area contributed by atoms with E-state index in [4.69, 9.17) is 14.4 Å². The fraction of sp³-hybridized carbons (Fsp3) is 0.458. The Bertz CT molecular complexity index is 1160. The van der Waals surface area contributed by atoms with Gasteiger partial charge in [-0.3, -0.25) is 4.79 Å². The summed E-state index contributed by atoms with van der Waals surface area (Å²) in [6, 6.07) is 5.78. The van der Waals surface area contributed by atoms with E-state index in [0.29, 0.717) is 35.5 Å². The Morgan fingerprint density at radius 3 is 2.63 bits per heavy atom. The number of aliphatic hydroxyl groups excluding tert-OH is 2. The van der Waals surface area contributed by atoms with E-state index in [-0.39, 0.29) is 19.2 Å². The van der Waals surface area contributed by atoms with Crippen LogP contribution in [0.5, 0.6) is 5.75 Å². The quantitative estimate of drug-likeness (QED) is 0.318. The second-order valence-electron chi connectivity index (χ2n) is 8.50. The third kappa shape index (κ3) is 6.96. The van der Waals surface area contributed by atoms with Gasteiger partial charge >= 0.3 is 0 Å². The van der Waals surface area contributed by atoms with Crippen molar-refractivity contribution in [3.8, 4) is 28.7 Å². The zero-order chi connectivity index (χ0) is 25.5. The third-order valence-electron chi connectivity index (χ3n) is 5.01. The number of nitrogens with zero attached hydrogens (tertiary/aromatic N) is 4. The first-order valence-electron chi connectivity index (χ1n) is 11.5. The molecule has 0 fully saturated rings. The molecule has 1 aromatic carbocycles. The number of hydrogen-bond acceptors (Lipinski definition) is 10. The van der Waals surface area contributed by atoms with E-state index in [0.717, 1.165) is 22.4 Å². The van der Waals surface area contributed by atoms with Crippen LogP contribution in [-0.2, 0) is 11.2 Å². The lowest BCUT2D eigenvalue weighted by Gasteiger charge is -2.17. The zero-order valence-electron chi connectivity index (χ0n) is 20.6. The van der Waals surface area contributed by atoms with Gasteiger partial charge < -0.3 is 30.1 Å². The van der Waals surface area contributed by atoms with Crippen LogP contribution in [0.2, 0.25) is 0 Å². The minimum atomic E-state index is -0.916. The molecular formula is C24H32N6O5. The maximum atomic E-state index is 11.1. The lowest BCUT2D eigenvalue weighted by Crippen LogP contribution is -2.36. The number of rotatable bonds is 11. The van der Waals surface area contributed by atoms with Crippen LogP contribution in [0.3, 0.4) is 0 Å². The van der Waals surface area contributed by atoms with Crippen LogP contribution >= 0.6 is 0 Å². The van der Waals surface area contributed by atoms with Gasteiger partial charge in [0.25, 0.3) is 5.89 Å². The molecule has 0 unspecified atom stereocenters. The van der Waals surface area contributed by atoms with E-state index in [1.54, 1.807) is 6.07 Å². The van der Waals surface area contributed by atoms with Crippen molar-refractivity contribution < 1.29 is 24.3 Å². The lowest BCUT2D eigenvalue weighted by molar-refractivity contribution is -0.124. The average molecular weight is 485 g/mol. The van der Waals surface area contributed by atoms with Gasteiger partial charge in [-0.2, -0.15) is 4.98 Å². The first-order valence-corrected chi connectivity index (χ1v) is 11.5. The predicted octanol–water partition coefficient (Wildman–Crippen LogP) is 2.04. The minimum Gasteiger partial charge on any atom is -0.490 e. The number of carbonyl (C=O) groups excluding carboxylic acids is 1. The summed E-state index contributed by atoms with van der Waals surface area (Å²) in [5.74, 6) is 1.32. The molecule has 35 heavy (non-hydrogen) atoms. The Balaban J connectivity index is 1.79. The summed E-state index contributed by atoms with van der Waals surface area (Å²) in [6.07, 6.45) is -0.234. The largest absolute Gasteiger partial charge is 0.490 e. The molecule has 11 heteroatoms. The molecule has 188 valence electrons. The fourth-order valence-corrected chi connectivity index (χ4v) is 3.42. The summed E-state index contributed by atoms with van der Waals surface area (Å²) in [5.41, 5.74) is 3.84. The molecule has 0 spiro atoms. The van der Waals surface area contributed by atoms with Gasteiger partial charge in [0.1, 0.15) is 30.8 Å². The standard InChI is InChI=1S/C24H32N6O5/c1-6-16-9-17(7-14(4)21(16)34-12-18(32)10-25-20(33)11-31)22-29-23(35-30-22)19-8-15(5)27-24(28-19)26-13(2)3/h7-9,13,18,31-32H,6,10-12H2,1-5H3,(H,25,33)(H,26,27,28)/t18-/m0/s1. The first kappa shape index (κ1) is 26.0. The molecule has 3 aromatic rings. The monoisotopic (exact) mass is 484 g/mol. The van der Waals surface area contributed by atoms with Gasteiger partial charge in [0, 0.05) is 23.8 Å². The molecule has 0 aliphatic heterocycles. The molecule has 1 amide bonds. The number of aromatic nitrogens is 4. The number of hydrogen-bond donors (Lipinski definition) is 4. The van der Waals surface area contributed by atoms with Crippen molar-refractivity contribution >= 4 is 11.9 Å². The fourth-order valence-electron chi connectivity index (χ4n) is 3.42. The highest BCUT2D eigenvalue weighted by Gasteiger charge is 2.18. The van der Waals surface area contributed by atoms with Crippen molar-refractivity contribution in [2.45, 2.75) is 53.2 Å². The van der Waals surface area contributed by atoms with Gasteiger partial charge in [0.15, 0.2) is 0 Å². The van der Waals surface area contributed by atoms with Crippen molar-refractivity contribution in [3.05, 3.63) is 35.0 Å². The number of amides is 1. The molecule has 2 aromatic heterocycles. The van der Waals surface area contributed by atoms with Crippen LogP contribution in [0.4, 0.5) is 5.95 Å². The number of aryl methyl sites for hydroxylation is 3. The predicted molar refractivity (Wildman–Crippen MR) is 130 cm³/mol. The van der Waals surface area contributed by atoms with E-state index >= 15 is 0 Å². The third-order valence-corrected chi connectivity index (χ3v) is 5.01. The van der Waals surface area contributed by atoms with Crippen LogP contribution in [0.25, 0.3) is 23.0 Å². The number of anilines is 1. The number of aliphatic hydroxyl groups is 2. The molecule has 2 heterocycles. The second-order valence-corrected chi connectivity index (χ2v) is 8.50. The highest BCUT2D eigenvalue weighted by Crippen LogP contribution is 2.31. The molecule has 0 aliphatic carbocycles. The normalized spacial score (nSPS) is 12.0. The summed E-state index contributed by atoms with van der Waals surface area (Å²) in [6.45, 7) is 9.14. The SMILES string of the molecule is CCc1cc(-c2noc(-c3cc(C)nc(NC(C)C)n3)n2)cc(C)c1OC[C@@H](O)CNC(=O)CO. The summed E-state index contributed by atoms with van der Waals surface area (Å²) in [4.78, 5) is 24.6. The molecule has 3 rings (SSSR count). The molecule has 0 saturated carbocycles. The van der Waals surface area contributed by atoms with E-state index in [2.05, 4.69) is 30.7 Å². The van der Waals surface area contributed by atoms with Gasteiger partial charge in [-0.1, -0.05) is 12.1 Å². The van der Waals surface area contributed by atoms with Gasteiger partial charge in [0.05, 0.1) is 0 Å². The van der Waals surface area contributed by atoms with Crippen LogP contribution < -0.4 is 15.4 Å². The minimum absolute atomic E-state index is 0.00887. The highest BCUT2D eigenvalue weighted by molar-refractivity contribution is 5.76. The van der Waals surface area contributed by atoms with Crippen molar-refractivity contribution in [2.75, 3.05) is 25.1 Å². The maximum absolute atomic E-state index is 11.1. The molecule has 0 radical (unpaired) electrons. The average Bonchev–Trinajstić information content (AvgIpc) is 3.31. The highest BCUT2D eigenvalue weighted by atomic mass is 16.5. The van der Waals surface area contributed by atoms with Crippen LogP contribution in [0.15, 0.2) is 22.7 Å². The van der Waals surface area contributed by atoms with Crippen LogP contribution in [0.1, 0.15) is 37.6 Å². The zero-order valence-corrected chi connectivity index (χ0v) is 20.6. The number of nitrogens with one attached hydrogen (secondary N) is 2. The Morgan fingerprint density at radius 2 is 1.94 bits per heavy atom. The van der Waals surface area contributed by atoms with Crippen LogP contribution in [-0.4, -0.2) is 68.1 Å². The molecule has 1 atom stereocenters. The van der Waals surface area contributed by atoms with E-state index in [1.165, 1.54) is 0 Å². The number of ether oxygens (including phenoxy) is 1. The lowest BCUT2D eigenvalue weighted by atomic mass is 10.0. The molecule has 0 aliphatic rings. The summed E-state index contributed by atoms with van der Waals surface area (Å²) >= 11 is 0. The Kier molecular flexibility index (Phi) is 8.72. The summed E-state index contributed by atoms with van der Waals surface area (Å²) in [5, 5.41) is 28.6. The first-order chi connectivity index (χ1) is 16.7. The molecule has 11 nitrogen and oxygen atoms in total. The molecule has 0 bridgehead atoms. The Morgan fingerprint density at radius 1 is 1.17 bits per heavy atom. The van der Waals surface area contributed by atoms with Gasteiger partial charge in [-0.25, -0.2) is 9.97 Å². The summed E-state index contributed by atoms with van der Waals surface area (Å²) < 4.78 is 11.4. The number of benzene rings is 1. The van der Waals surface area contributed by atoms with Gasteiger partial charge in [-0.15, -0.1) is 0 Å². The van der Waals surface area contributed by atoms with E-state index < -0.39 is 18.6 Å². The van der Waals surface area contributed by atoms with E-state index in [9.17, 15) is 9.90 Å². The van der Waals surface area contributed by atoms with Crippen molar-refractivity contribution in [3.63, 3.8) is 0 Å². The van der Waals surface area contributed by atoms with Crippen molar-refractivity contribution in [2.24, 2.45) is 0 Å². The van der Waals surface area contributed by atoms with Gasteiger partial charge in [-0.05, 0) is 63.4 Å². The second kappa shape index (κ2) is 11.7. The smallest absolute Gasteiger partial charge is 0.277 e. The molecular weight excluding hydrogens is 452 g/mol. The Hall–Kier alpha value is -3.57. The van der Waals surface area contributed by atoms with Crippen molar-refractivity contribution in [1.29, 1.82) is 0 Å². The number of carbonyl (C=O) groups is 1. The van der Waals surface area contributed by atoms with Gasteiger partial charge in [0.2, 0.25) is 17.7 Å². The summed E-state index contributed by atoms with van der Waals surface area (Å²) in [7, 11) is 0. The Labute approximate surface area is 204 Å². The van der Waals surface area contributed by atoms with Crippen LogP contribution in [0, 0.1) is 13.8 Å².